The molecule has 0 aromatic heterocycles. The predicted octanol–water partition coefficient (Wildman–Crippen LogP) is 3.80. The first-order valence-electron chi connectivity index (χ1n) is 10.1. The first-order chi connectivity index (χ1) is 14.2. The lowest BCUT2D eigenvalue weighted by Gasteiger charge is -2.37. The van der Waals surface area contributed by atoms with Crippen LogP contribution in [0.25, 0.3) is 0 Å². The number of fused-ring (bicyclic) bond motifs is 1. The Balaban J connectivity index is 1.25. The standard InChI is InChI=1S/C24H22N2O3/c27-23-21-18-8-9-19(11-10-18)22(21)24(28)26(23)25-14-16-6-12-20(13-7-16)29-15-17-4-2-1-3-5-17/h1-9,12-14,18-19,21-22H,10-11,15H2/b25-14-/t18-,19-,21+,22+/m1/s1. The fourth-order valence-corrected chi connectivity index (χ4v) is 4.69. The molecule has 2 bridgehead atoms. The van der Waals surface area contributed by atoms with Gasteiger partial charge in [0.25, 0.3) is 11.8 Å². The molecule has 4 aliphatic rings. The third kappa shape index (κ3) is 3.27. The average Bonchev–Trinajstić information content (AvgIpc) is 3.05. The van der Waals surface area contributed by atoms with Gasteiger partial charge in [0.15, 0.2) is 0 Å². The second-order valence-electron chi connectivity index (χ2n) is 7.92. The summed E-state index contributed by atoms with van der Waals surface area (Å²) in [6.45, 7) is 0.504. The molecular weight excluding hydrogens is 364 g/mol. The van der Waals surface area contributed by atoms with E-state index in [0.717, 1.165) is 34.7 Å². The Morgan fingerprint density at radius 1 is 0.897 bits per heavy atom. The fourth-order valence-electron chi connectivity index (χ4n) is 4.69. The molecule has 0 radical (unpaired) electrons. The monoisotopic (exact) mass is 386 g/mol. The second-order valence-corrected chi connectivity index (χ2v) is 7.92. The smallest absolute Gasteiger partial charge is 0.254 e. The lowest BCUT2D eigenvalue weighted by molar-refractivity contribution is -0.140. The molecule has 2 fully saturated rings. The van der Waals surface area contributed by atoms with Crippen LogP contribution in [0.1, 0.15) is 24.0 Å². The Morgan fingerprint density at radius 2 is 1.52 bits per heavy atom. The molecule has 0 N–H and O–H groups in total. The van der Waals surface area contributed by atoms with Crippen molar-refractivity contribution >= 4 is 18.0 Å². The molecule has 1 saturated heterocycles. The lowest BCUT2D eigenvalue weighted by atomic mass is 9.63. The Kier molecular flexibility index (Phi) is 4.51. The maximum atomic E-state index is 12.8. The summed E-state index contributed by atoms with van der Waals surface area (Å²) in [5.41, 5.74) is 1.92. The summed E-state index contributed by atoms with van der Waals surface area (Å²) in [5, 5.41) is 5.33. The zero-order valence-corrected chi connectivity index (χ0v) is 16.0. The highest BCUT2D eigenvalue weighted by molar-refractivity contribution is 6.06. The summed E-state index contributed by atoms with van der Waals surface area (Å²) in [6, 6.07) is 17.4. The van der Waals surface area contributed by atoms with Crippen molar-refractivity contribution in [2.24, 2.45) is 28.8 Å². The van der Waals surface area contributed by atoms with Gasteiger partial charge in [-0.3, -0.25) is 9.59 Å². The second kappa shape index (κ2) is 7.32. The van der Waals surface area contributed by atoms with Crippen molar-refractivity contribution in [3.8, 4) is 5.75 Å². The highest BCUT2D eigenvalue weighted by Gasteiger charge is 2.56. The van der Waals surface area contributed by atoms with Crippen molar-refractivity contribution < 1.29 is 14.3 Å². The van der Waals surface area contributed by atoms with Gasteiger partial charge in [0.1, 0.15) is 12.4 Å². The average molecular weight is 386 g/mol. The molecule has 2 aromatic carbocycles. The minimum Gasteiger partial charge on any atom is -0.489 e. The SMILES string of the molecule is O=C1[C@@H]2[C@@H](C(=O)N1/N=C\c1ccc(OCc3ccccc3)cc1)[C@@H]1C=C[C@@H]2CC1. The quantitative estimate of drug-likeness (QED) is 0.446. The molecule has 0 unspecified atom stereocenters. The third-order valence-corrected chi connectivity index (χ3v) is 6.19. The first kappa shape index (κ1) is 17.9. The predicted molar refractivity (Wildman–Crippen MR) is 109 cm³/mol. The number of hydrogen-bond acceptors (Lipinski definition) is 4. The van der Waals surface area contributed by atoms with E-state index in [1.165, 1.54) is 0 Å². The van der Waals surface area contributed by atoms with Gasteiger partial charge < -0.3 is 4.74 Å². The van der Waals surface area contributed by atoms with E-state index in [1.54, 1.807) is 6.21 Å². The highest BCUT2D eigenvalue weighted by Crippen LogP contribution is 2.49. The molecule has 6 rings (SSSR count). The molecular formula is C24H22N2O3. The van der Waals surface area contributed by atoms with Gasteiger partial charge in [-0.05, 0) is 60.1 Å². The number of benzene rings is 2. The van der Waals surface area contributed by atoms with E-state index in [2.05, 4.69) is 17.3 Å². The fraction of sp³-hybridized carbons (Fsp3) is 0.292. The number of hydrazone groups is 1. The number of ether oxygens (including phenoxy) is 1. The zero-order valence-electron chi connectivity index (χ0n) is 16.0. The Labute approximate surface area is 169 Å². The Hall–Kier alpha value is -3.21. The molecule has 0 spiro atoms. The lowest BCUT2D eigenvalue weighted by Crippen LogP contribution is -2.38. The third-order valence-electron chi connectivity index (χ3n) is 6.19. The van der Waals surface area contributed by atoms with Crippen LogP contribution >= 0.6 is 0 Å². The molecule has 4 atom stereocenters. The van der Waals surface area contributed by atoms with Crippen LogP contribution in [0.5, 0.6) is 5.75 Å². The van der Waals surface area contributed by atoms with Crippen LogP contribution in [0.4, 0.5) is 0 Å². The number of carbonyl (C=O) groups is 2. The van der Waals surface area contributed by atoms with E-state index in [9.17, 15) is 9.59 Å². The Morgan fingerprint density at radius 3 is 2.10 bits per heavy atom. The van der Waals surface area contributed by atoms with Crippen molar-refractivity contribution in [2.45, 2.75) is 19.4 Å². The van der Waals surface area contributed by atoms with Crippen LogP contribution in [0.15, 0.2) is 71.9 Å². The van der Waals surface area contributed by atoms with Gasteiger partial charge in [-0.15, -0.1) is 0 Å². The summed E-state index contributed by atoms with van der Waals surface area (Å²) < 4.78 is 5.78. The molecule has 3 aliphatic carbocycles. The van der Waals surface area contributed by atoms with E-state index in [-0.39, 0.29) is 35.5 Å². The zero-order chi connectivity index (χ0) is 19.8. The van der Waals surface area contributed by atoms with Crippen LogP contribution in [0, 0.1) is 23.7 Å². The van der Waals surface area contributed by atoms with Crippen LogP contribution in [0.2, 0.25) is 0 Å². The van der Waals surface area contributed by atoms with Crippen LogP contribution in [0.3, 0.4) is 0 Å². The van der Waals surface area contributed by atoms with Crippen molar-refractivity contribution in [1.82, 2.24) is 5.01 Å². The van der Waals surface area contributed by atoms with E-state index >= 15 is 0 Å². The van der Waals surface area contributed by atoms with Gasteiger partial charge in [0, 0.05) is 0 Å². The maximum Gasteiger partial charge on any atom is 0.254 e. The van der Waals surface area contributed by atoms with E-state index in [1.807, 2.05) is 54.6 Å². The summed E-state index contributed by atoms with van der Waals surface area (Å²) in [7, 11) is 0. The molecule has 1 aliphatic heterocycles. The van der Waals surface area contributed by atoms with E-state index < -0.39 is 0 Å². The molecule has 5 heteroatoms. The van der Waals surface area contributed by atoms with Gasteiger partial charge >= 0.3 is 0 Å². The van der Waals surface area contributed by atoms with Gasteiger partial charge in [-0.25, -0.2) is 0 Å². The number of carbonyl (C=O) groups excluding carboxylic acids is 2. The maximum absolute atomic E-state index is 12.8. The van der Waals surface area contributed by atoms with Crippen molar-refractivity contribution in [2.75, 3.05) is 0 Å². The van der Waals surface area contributed by atoms with Crippen LogP contribution < -0.4 is 4.74 Å². The Bertz CT molecular complexity index is 949. The number of rotatable bonds is 5. The summed E-state index contributed by atoms with van der Waals surface area (Å²) in [5.74, 6) is 0.365. The minimum absolute atomic E-state index is 0.155. The molecule has 2 amide bonds. The number of hydrogen-bond donors (Lipinski definition) is 0. The number of imide groups is 1. The molecule has 1 heterocycles. The van der Waals surface area contributed by atoms with Crippen molar-refractivity contribution in [3.05, 3.63) is 77.9 Å². The van der Waals surface area contributed by atoms with Gasteiger partial charge in [-0.2, -0.15) is 10.1 Å². The minimum atomic E-state index is -0.225. The first-order valence-corrected chi connectivity index (χ1v) is 10.1. The number of amides is 2. The van der Waals surface area contributed by atoms with E-state index in [0.29, 0.717) is 6.61 Å². The van der Waals surface area contributed by atoms with Gasteiger partial charge in [0.05, 0.1) is 18.1 Å². The van der Waals surface area contributed by atoms with Crippen molar-refractivity contribution in [3.63, 3.8) is 0 Å². The molecule has 5 nitrogen and oxygen atoms in total. The number of nitrogens with zero attached hydrogens (tertiary/aromatic N) is 2. The highest BCUT2D eigenvalue weighted by atomic mass is 16.5. The normalized spacial score (nSPS) is 27.7. The van der Waals surface area contributed by atoms with Crippen LogP contribution in [-0.2, 0) is 16.2 Å². The summed E-state index contributed by atoms with van der Waals surface area (Å²) in [6.07, 6.45) is 7.78. The van der Waals surface area contributed by atoms with Gasteiger partial charge in [-0.1, -0.05) is 42.5 Å². The molecule has 2 aromatic rings. The summed E-state index contributed by atoms with van der Waals surface area (Å²) >= 11 is 0. The molecule has 1 saturated carbocycles. The topological polar surface area (TPSA) is 59.0 Å². The largest absolute Gasteiger partial charge is 0.489 e. The molecule has 29 heavy (non-hydrogen) atoms. The summed E-state index contributed by atoms with van der Waals surface area (Å²) in [4.78, 5) is 25.5. The van der Waals surface area contributed by atoms with Crippen LogP contribution in [-0.4, -0.2) is 23.0 Å². The number of allylic oxidation sites excluding steroid dienone is 2. The molecule has 146 valence electrons. The van der Waals surface area contributed by atoms with Crippen molar-refractivity contribution in [1.29, 1.82) is 0 Å². The van der Waals surface area contributed by atoms with E-state index in [4.69, 9.17) is 4.74 Å². The van der Waals surface area contributed by atoms with Gasteiger partial charge in [0.2, 0.25) is 0 Å².